The number of nitrogens with one attached hydrogen (secondary N) is 1. The van der Waals surface area contributed by atoms with Gasteiger partial charge in [0.05, 0.1) is 11.9 Å². The van der Waals surface area contributed by atoms with Gasteiger partial charge in [0.2, 0.25) is 5.91 Å². The first-order chi connectivity index (χ1) is 11.1. The van der Waals surface area contributed by atoms with Crippen molar-refractivity contribution < 1.29 is 9.90 Å². The molecule has 1 amide bonds. The van der Waals surface area contributed by atoms with Gasteiger partial charge in [-0.25, -0.2) is 0 Å². The van der Waals surface area contributed by atoms with Crippen molar-refractivity contribution in [3.05, 3.63) is 35.4 Å². The molecule has 1 fully saturated rings. The number of hydrogen-bond donors (Lipinski definition) is 2. The average molecular weight is 337 g/mol. The van der Waals surface area contributed by atoms with Gasteiger partial charge in [0.1, 0.15) is 0 Å². The van der Waals surface area contributed by atoms with Gasteiger partial charge >= 0.3 is 0 Å². The van der Waals surface area contributed by atoms with Gasteiger partial charge in [-0.15, -0.1) is 11.8 Å². The third-order valence-corrected chi connectivity index (χ3v) is 5.16. The number of thioether (sulfide) groups is 1. The van der Waals surface area contributed by atoms with E-state index >= 15 is 0 Å². The van der Waals surface area contributed by atoms with Crippen LogP contribution in [0.4, 0.5) is 0 Å². The number of piperidine rings is 1. The molecule has 2 rings (SSSR count). The monoisotopic (exact) mass is 336 g/mol. The highest BCUT2D eigenvalue weighted by molar-refractivity contribution is 7.99. The maximum atomic E-state index is 11.8. The minimum atomic E-state index is -0.114. The third-order valence-electron chi connectivity index (χ3n) is 4.15. The number of aliphatic hydroxyl groups excluding tert-OH is 1. The molecule has 4 nitrogen and oxygen atoms in total. The highest BCUT2D eigenvalue weighted by Gasteiger charge is 2.16. The van der Waals surface area contributed by atoms with Crippen LogP contribution in [0.3, 0.4) is 0 Å². The van der Waals surface area contributed by atoms with Crippen molar-refractivity contribution in [1.82, 2.24) is 10.2 Å². The van der Waals surface area contributed by atoms with Crippen molar-refractivity contribution in [2.75, 3.05) is 31.9 Å². The summed E-state index contributed by atoms with van der Waals surface area (Å²) in [4.78, 5) is 14.2. The number of aliphatic hydroxyl groups is 1. The maximum Gasteiger partial charge on any atom is 0.230 e. The van der Waals surface area contributed by atoms with Crippen LogP contribution in [0, 0.1) is 6.92 Å². The molecule has 1 aliphatic heterocycles. The first-order valence-electron chi connectivity index (χ1n) is 8.44. The topological polar surface area (TPSA) is 52.6 Å². The van der Waals surface area contributed by atoms with Gasteiger partial charge in [-0.05, 0) is 38.3 Å². The van der Waals surface area contributed by atoms with E-state index in [1.165, 1.54) is 11.1 Å². The molecular weight excluding hydrogens is 308 g/mol. The molecule has 0 atom stereocenters. The van der Waals surface area contributed by atoms with Crippen LogP contribution in [0.25, 0.3) is 0 Å². The maximum absolute atomic E-state index is 11.8. The fourth-order valence-electron chi connectivity index (χ4n) is 2.67. The van der Waals surface area contributed by atoms with E-state index in [0.717, 1.165) is 51.2 Å². The second-order valence-electron chi connectivity index (χ2n) is 6.25. The summed E-state index contributed by atoms with van der Waals surface area (Å²) in [6, 6.07) is 8.46. The zero-order valence-electron chi connectivity index (χ0n) is 14.0. The van der Waals surface area contributed by atoms with Crippen molar-refractivity contribution in [1.29, 1.82) is 0 Å². The van der Waals surface area contributed by atoms with E-state index < -0.39 is 0 Å². The lowest BCUT2D eigenvalue weighted by Gasteiger charge is -2.29. The Labute approximate surface area is 143 Å². The van der Waals surface area contributed by atoms with E-state index in [1.54, 1.807) is 11.8 Å². The first kappa shape index (κ1) is 18.3. The lowest BCUT2D eigenvalue weighted by atomic mass is 10.1. The smallest absolute Gasteiger partial charge is 0.230 e. The van der Waals surface area contributed by atoms with Crippen molar-refractivity contribution in [3.8, 4) is 0 Å². The molecule has 1 aromatic carbocycles. The summed E-state index contributed by atoms with van der Waals surface area (Å²) in [6.45, 7) is 5.77. The number of benzene rings is 1. The molecule has 0 aliphatic carbocycles. The second-order valence-corrected chi connectivity index (χ2v) is 7.24. The predicted octanol–water partition coefficient (Wildman–Crippen LogP) is 2.19. The molecule has 0 saturated carbocycles. The molecule has 0 radical (unpaired) electrons. The summed E-state index contributed by atoms with van der Waals surface area (Å²) >= 11 is 1.66. The van der Waals surface area contributed by atoms with Gasteiger partial charge in [-0.3, -0.25) is 4.79 Å². The number of carbonyl (C=O) groups excluding carboxylic acids is 1. The summed E-state index contributed by atoms with van der Waals surface area (Å²) in [6.07, 6.45) is 2.62. The number of likely N-dealkylation sites (tertiary alicyclic amines) is 1. The number of aryl methyl sites for hydroxylation is 1. The summed E-state index contributed by atoms with van der Waals surface area (Å²) < 4.78 is 0. The lowest BCUT2D eigenvalue weighted by Crippen LogP contribution is -2.37. The summed E-state index contributed by atoms with van der Waals surface area (Å²) in [7, 11) is 0. The van der Waals surface area contributed by atoms with Crippen LogP contribution in [0.15, 0.2) is 24.3 Å². The fourth-order valence-corrected chi connectivity index (χ4v) is 3.49. The minimum Gasteiger partial charge on any atom is -0.393 e. The van der Waals surface area contributed by atoms with Gasteiger partial charge < -0.3 is 15.3 Å². The second kappa shape index (κ2) is 9.96. The van der Waals surface area contributed by atoms with Crippen LogP contribution in [-0.4, -0.2) is 53.9 Å². The van der Waals surface area contributed by atoms with Crippen molar-refractivity contribution >= 4 is 17.7 Å². The molecule has 1 heterocycles. The van der Waals surface area contributed by atoms with E-state index in [1.807, 2.05) is 0 Å². The SMILES string of the molecule is Cc1ccc(CSCC(=O)NCCCN2CCC(O)CC2)cc1. The number of rotatable bonds is 8. The molecule has 1 aliphatic rings. The van der Waals surface area contributed by atoms with E-state index in [2.05, 4.69) is 41.4 Å². The summed E-state index contributed by atoms with van der Waals surface area (Å²) in [5.74, 6) is 1.52. The molecule has 5 heteroatoms. The number of carbonyl (C=O) groups is 1. The Morgan fingerprint density at radius 2 is 2.00 bits per heavy atom. The standard InChI is InChI=1S/C18H28N2O2S/c1-15-3-5-16(6-4-15)13-23-14-18(22)19-9-2-10-20-11-7-17(21)8-12-20/h3-6,17,21H,2,7-14H2,1H3,(H,19,22). The molecule has 128 valence electrons. The number of hydrogen-bond acceptors (Lipinski definition) is 4. The van der Waals surface area contributed by atoms with Crippen molar-refractivity contribution in [2.45, 2.75) is 38.0 Å². The Balaban J connectivity index is 1.49. The van der Waals surface area contributed by atoms with Crippen molar-refractivity contribution in [3.63, 3.8) is 0 Å². The molecule has 0 spiro atoms. The molecule has 0 bridgehead atoms. The molecule has 23 heavy (non-hydrogen) atoms. The molecule has 1 saturated heterocycles. The van der Waals surface area contributed by atoms with E-state index in [0.29, 0.717) is 5.75 Å². The Morgan fingerprint density at radius 1 is 1.30 bits per heavy atom. The Kier molecular flexibility index (Phi) is 7.92. The van der Waals surface area contributed by atoms with E-state index in [9.17, 15) is 9.90 Å². The average Bonchev–Trinajstić information content (AvgIpc) is 2.55. The lowest BCUT2D eigenvalue weighted by molar-refractivity contribution is -0.118. The van der Waals surface area contributed by atoms with Gasteiger partial charge in [-0.1, -0.05) is 29.8 Å². The third kappa shape index (κ3) is 7.38. The highest BCUT2D eigenvalue weighted by atomic mass is 32.2. The fraction of sp³-hybridized carbons (Fsp3) is 0.611. The van der Waals surface area contributed by atoms with Crippen LogP contribution in [0.1, 0.15) is 30.4 Å². The number of nitrogens with zero attached hydrogens (tertiary/aromatic N) is 1. The molecule has 0 unspecified atom stereocenters. The molecular formula is C18H28N2O2S. The minimum absolute atomic E-state index is 0.114. The molecule has 1 aromatic rings. The van der Waals surface area contributed by atoms with Gasteiger partial charge in [0.15, 0.2) is 0 Å². The number of amides is 1. The molecule has 0 aromatic heterocycles. The van der Waals surface area contributed by atoms with Crippen LogP contribution in [-0.2, 0) is 10.5 Å². The molecule has 2 N–H and O–H groups in total. The largest absolute Gasteiger partial charge is 0.393 e. The Bertz CT molecular complexity index is 470. The van der Waals surface area contributed by atoms with Crippen LogP contribution in [0.5, 0.6) is 0 Å². The zero-order valence-corrected chi connectivity index (χ0v) is 14.8. The Hall–Kier alpha value is -1.04. The van der Waals surface area contributed by atoms with Crippen molar-refractivity contribution in [2.24, 2.45) is 0 Å². The quantitative estimate of drug-likeness (QED) is 0.715. The van der Waals surface area contributed by atoms with E-state index in [-0.39, 0.29) is 12.0 Å². The summed E-state index contributed by atoms with van der Waals surface area (Å²) in [5, 5.41) is 12.5. The van der Waals surface area contributed by atoms with Gasteiger partial charge in [0.25, 0.3) is 0 Å². The zero-order chi connectivity index (χ0) is 16.5. The van der Waals surface area contributed by atoms with Gasteiger partial charge in [0, 0.05) is 25.4 Å². The Morgan fingerprint density at radius 3 is 2.70 bits per heavy atom. The first-order valence-corrected chi connectivity index (χ1v) is 9.59. The normalized spacial score (nSPS) is 16.4. The van der Waals surface area contributed by atoms with Gasteiger partial charge in [-0.2, -0.15) is 0 Å². The summed E-state index contributed by atoms with van der Waals surface area (Å²) in [5.41, 5.74) is 2.53. The van der Waals surface area contributed by atoms with E-state index in [4.69, 9.17) is 0 Å². The predicted molar refractivity (Wildman–Crippen MR) is 96.6 cm³/mol. The van der Waals surface area contributed by atoms with Crippen LogP contribution < -0.4 is 5.32 Å². The highest BCUT2D eigenvalue weighted by Crippen LogP contribution is 2.12. The van der Waals surface area contributed by atoms with Crippen LogP contribution >= 0.6 is 11.8 Å². The van der Waals surface area contributed by atoms with Crippen LogP contribution in [0.2, 0.25) is 0 Å².